The topological polar surface area (TPSA) is 105 Å². The molecule has 0 fully saturated rings. The summed E-state index contributed by atoms with van der Waals surface area (Å²) in [5, 5.41) is 15.4. The second-order valence-electron chi connectivity index (χ2n) is 8.04. The molecule has 2 heterocycles. The van der Waals surface area contributed by atoms with Crippen LogP contribution in [-0.4, -0.2) is 30.7 Å². The lowest BCUT2D eigenvalue weighted by Crippen LogP contribution is -2.31. The number of nitrogens with one attached hydrogen (secondary N) is 1. The molecule has 0 saturated carbocycles. The summed E-state index contributed by atoms with van der Waals surface area (Å²) in [5.74, 6) is -0.466. The lowest BCUT2D eigenvalue weighted by Gasteiger charge is -2.12. The lowest BCUT2D eigenvalue weighted by atomic mass is 10.1. The van der Waals surface area contributed by atoms with Crippen LogP contribution in [0.5, 0.6) is 5.88 Å². The minimum absolute atomic E-state index is 0.107. The molecule has 2 N–H and O–H groups in total. The van der Waals surface area contributed by atoms with E-state index in [9.17, 15) is 14.7 Å². The van der Waals surface area contributed by atoms with Gasteiger partial charge in [0.2, 0.25) is 5.88 Å². The molecule has 0 amide bonds. The zero-order valence-electron chi connectivity index (χ0n) is 19.0. The summed E-state index contributed by atoms with van der Waals surface area (Å²) in [6, 6.07) is 15.4. The average molecular weight is 444 g/mol. The number of aliphatic imine (C=N–C) groups is 1. The molecule has 8 heteroatoms. The van der Waals surface area contributed by atoms with E-state index in [4.69, 9.17) is 0 Å². The van der Waals surface area contributed by atoms with Gasteiger partial charge in [-0.1, -0.05) is 48.0 Å². The number of hydrogen-bond acceptors (Lipinski definition) is 5. The number of aromatic nitrogens is 4. The number of benzene rings is 2. The van der Waals surface area contributed by atoms with Crippen molar-refractivity contribution >= 4 is 11.9 Å². The molecule has 2 aromatic heterocycles. The molecule has 0 aliphatic rings. The molecule has 0 spiro atoms. The highest BCUT2D eigenvalue weighted by atomic mass is 16.3. The summed E-state index contributed by atoms with van der Waals surface area (Å²) >= 11 is 0. The Bertz CT molecular complexity index is 1480. The molecule has 8 nitrogen and oxygen atoms in total. The smallest absolute Gasteiger partial charge is 0.335 e. The van der Waals surface area contributed by atoms with Crippen molar-refractivity contribution in [1.29, 1.82) is 0 Å². The Morgan fingerprint density at radius 3 is 2.48 bits per heavy atom. The predicted octanol–water partition coefficient (Wildman–Crippen LogP) is 3.46. The summed E-state index contributed by atoms with van der Waals surface area (Å²) in [4.78, 5) is 31.7. The number of aryl methyl sites for hydroxylation is 3. The summed E-state index contributed by atoms with van der Waals surface area (Å²) in [6.07, 6.45) is 1.28. The van der Waals surface area contributed by atoms with Crippen LogP contribution in [0.25, 0.3) is 5.69 Å². The second kappa shape index (κ2) is 8.74. The van der Waals surface area contributed by atoms with Gasteiger partial charge in [0, 0.05) is 6.21 Å². The van der Waals surface area contributed by atoms with Gasteiger partial charge in [0.05, 0.1) is 23.6 Å². The third kappa shape index (κ3) is 4.27. The van der Waals surface area contributed by atoms with Crippen molar-refractivity contribution in [2.75, 3.05) is 0 Å². The number of hydrogen-bond donors (Lipinski definition) is 2. The van der Waals surface area contributed by atoms with Gasteiger partial charge in [-0.15, -0.1) is 0 Å². The van der Waals surface area contributed by atoms with Crippen LogP contribution < -0.4 is 11.2 Å². The van der Waals surface area contributed by atoms with Crippen LogP contribution in [0.2, 0.25) is 0 Å². The van der Waals surface area contributed by atoms with E-state index in [1.807, 2.05) is 74.8 Å². The van der Waals surface area contributed by atoms with Crippen molar-refractivity contribution in [3.05, 3.63) is 103 Å². The number of H-pyrrole nitrogens is 1. The average Bonchev–Trinajstić information content (AvgIpc) is 3.02. The van der Waals surface area contributed by atoms with E-state index < -0.39 is 17.1 Å². The Balaban J connectivity index is 1.75. The van der Waals surface area contributed by atoms with Gasteiger partial charge in [-0.3, -0.25) is 19.5 Å². The highest BCUT2D eigenvalue weighted by Crippen LogP contribution is 2.25. The Hall–Kier alpha value is -4.20. The molecule has 168 valence electrons. The second-order valence-corrected chi connectivity index (χ2v) is 8.04. The first-order chi connectivity index (χ1) is 15.8. The van der Waals surface area contributed by atoms with Crippen molar-refractivity contribution in [1.82, 2.24) is 19.3 Å². The van der Waals surface area contributed by atoms with Crippen LogP contribution in [0.4, 0.5) is 5.69 Å². The van der Waals surface area contributed by atoms with E-state index in [2.05, 4.69) is 15.1 Å². The van der Waals surface area contributed by atoms with Gasteiger partial charge in [0.25, 0.3) is 5.56 Å². The van der Waals surface area contributed by atoms with E-state index in [1.54, 1.807) is 6.07 Å². The molecule has 0 bridgehead atoms. The molecule has 0 radical (unpaired) electrons. The lowest BCUT2D eigenvalue weighted by molar-refractivity contribution is 0.430. The third-order valence-corrected chi connectivity index (χ3v) is 5.56. The molecule has 0 aliphatic carbocycles. The van der Waals surface area contributed by atoms with E-state index in [-0.39, 0.29) is 5.56 Å². The maximum Gasteiger partial charge on any atom is 0.335 e. The van der Waals surface area contributed by atoms with Gasteiger partial charge in [-0.2, -0.15) is 5.10 Å². The summed E-state index contributed by atoms with van der Waals surface area (Å²) in [5.41, 5.74) is 3.98. The first-order valence-electron chi connectivity index (χ1n) is 10.5. The van der Waals surface area contributed by atoms with Gasteiger partial charge >= 0.3 is 5.69 Å². The Morgan fingerprint density at radius 1 is 1.06 bits per heavy atom. The zero-order valence-corrected chi connectivity index (χ0v) is 19.0. The monoisotopic (exact) mass is 443 g/mol. The minimum atomic E-state index is -0.718. The maximum atomic E-state index is 12.5. The number of aromatic hydroxyl groups is 1. The van der Waals surface area contributed by atoms with Gasteiger partial charge in [-0.05, 0) is 44.9 Å². The van der Waals surface area contributed by atoms with Gasteiger partial charge < -0.3 is 5.11 Å². The molecular formula is C25H25N5O3. The SMILES string of the molecule is Cc1ccc(-n2c(O)c(C=Nc3c(C)nn(Cc4ccccc4)c3C)c(=O)[nH]c2=O)c(C)c1. The third-order valence-electron chi connectivity index (χ3n) is 5.56. The molecule has 0 unspecified atom stereocenters. The van der Waals surface area contributed by atoms with Crippen molar-refractivity contribution < 1.29 is 5.11 Å². The van der Waals surface area contributed by atoms with Crippen molar-refractivity contribution in [2.45, 2.75) is 34.2 Å². The Morgan fingerprint density at radius 2 is 1.79 bits per heavy atom. The van der Waals surface area contributed by atoms with Gasteiger partial charge in [0.15, 0.2) is 0 Å². The Labute approximate surface area is 190 Å². The predicted molar refractivity (Wildman–Crippen MR) is 128 cm³/mol. The van der Waals surface area contributed by atoms with E-state index in [1.165, 1.54) is 6.21 Å². The fourth-order valence-electron chi connectivity index (χ4n) is 3.85. The van der Waals surface area contributed by atoms with Crippen molar-refractivity contribution in [3.63, 3.8) is 0 Å². The van der Waals surface area contributed by atoms with Crippen molar-refractivity contribution in [3.8, 4) is 11.6 Å². The first kappa shape index (κ1) is 22.0. The molecule has 0 saturated heterocycles. The highest BCUT2D eigenvalue weighted by Gasteiger charge is 2.17. The molecule has 0 atom stereocenters. The van der Waals surface area contributed by atoms with E-state index >= 15 is 0 Å². The van der Waals surface area contributed by atoms with Crippen LogP contribution in [0, 0.1) is 27.7 Å². The Kier molecular flexibility index (Phi) is 5.83. The maximum absolute atomic E-state index is 12.5. The molecule has 4 aromatic rings. The highest BCUT2D eigenvalue weighted by molar-refractivity contribution is 5.84. The van der Waals surface area contributed by atoms with E-state index in [0.717, 1.165) is 27.0 Å². The minimum Gasteiger partial charge on any atom is -0.493 e. The van der Waals surface area contributed by atoms with Crippen LogP contribution in [0.15, 0.2) is 63.1 Å². The first-order valence-corrected chi connectivity index (χ1v) is 10.5. The van der Waals surface area contributed by atoms with Gasteiger partial charge in [-0.25, -0.2) is 9.36 Å². The molecule has 4 rings (SSSR count). The number of aromatic amines is 1. The normalized spacial score (nSPS) is 11.4. The molecule has 33 heavy (non-hydrogen) atoms. The summed E-state index contributed by atoms with van der Waals surface area (Å²) in [6.45, 7) is 8.10. The molecule has 2 aromatic carbocycles. The van der Waals surface area contributed by atoms with Crippen LogP contribution in [0.3, 0.4) is 0 Å². The van der Waals surface area contributed by atoms with Crippen molar-refractivity contribution in [2.24, 2.45) is 4.99 Å². The molecule has 0 aliphatic heterocycles. The quantitative estimate of drug-likeness (QED) is 0.461. The largest absolute Gasteiger partial charge is 0.493 e. The van der Waals surface area contributed by atoms with Crippen LogP contribution >= 0.6 is 0 Å². The fraction of sp³-hybridized carbons (Fsp3) is 0.200. The fourth-order valence-corrected chi connectivity index (χ4v) is 3.85. The zero-order chi connectivity index (χ0) is 23.7. The van der Waals surface area contributed by atoms with E-state index in [0.29, 0.717) is 23.6 Å². The van der Waals surface area contributed by atoms with Crippen LogP contribution in [-0.2, 0) is 6.54 Å². The standard InChI is InChI=1S/C25H25N5O3/c1-15-10-11-21(16(2)12-15)30-24(32)20(23(31)27-25(30)33)13-26-22-17(3)28-29(18(22)4)14-19-8-6-5-7-9-19/h5-13,32H,14H2,1-4H3,(H,27,31,33). The number of nitrogens with zero attached hydrogens (tertiary/aromatic N) is 4. The molecular weight excluding hydrogens is 418 g/mol. The van der Waals surface area contributed by atoms with Gasteiger partial charge in [0.1, 0.15) is 11.3 Å². The summed E-state index contributed by atoms with van der Waals surface area (Å²) < 4.78 is 2.92. The summed E-state index contributed by atoms with van der Waals surface area (Å²) in [7, 11) is 0. The number of rotatable bonds is 5. The van der Waals surface area contributed by atoms with Crippen LogP contribution in [0.1, 0.15) is 33.6 Å².